The van der Waals surface area contributed by atoms with E-state index in [2.05, 4.69) is 26.7 Å². The van der Waals surface area contributed by atoms with Crippen molar-refractivity contribution in [1.82, 2.24) is 14.9 Å². The molecule has 2 heterocycles. The SMILES string of the molecule is CCN(c1nc(Cl)nc2cc(OC)c(OC)cc12)C1CCN(C2CCCCCC2)CC1. The van der Waals surface area contributed by atoms with Gasteiger partial charge in [-0.25, -0.2) is 4.98 Å². The van der Waals surface area contributed by atoms with E-state index in [4.69, 9.17) is 21.1 Å². The molecule has 1 aliphatic carbocycles. The minimum absolute atomic E-state index is 0.268. The minimum atomic E-state index is 0.268. The molecule has 0 bridgehead atoms. The van der Waals surface area contributed by atoms with Crippen LogP contribution in [0.4, 0.5) is 5.82 Å². The number of ether oxygens (including phenoxy) is 2. The fourth-order valence-electron chi connectivity index (χ4n) is 5.40. The monoisotopic (exact) mass is 446 g/mol. The highest BCUT2D eigenvalue weighted by molar-refractivity contribution is 6.28. The van der Waals surface area contributed by atoms with E-state index in [0.29, 0.717) is 17.5 Å². The largest absolute Gasteiger partial charge is 0.493 e. The molecular formula is C24H35ClN4O2. The molecule has 1 aromatic carbocycles. The molecule has 4 rings (SSSR count). The maximum Gasteiger partial charge on any atom is 0.224 e. The van der Waals surface area contributed by atoms with Crippen molar-refractivity contribution in [2.75, 3.05) is 38.8 Å². The number of methoxy groups -OCH3 is 2. The van der Waals surface area contributed by atoms with E-state index >= 15 is 0 Å². The Kier molecular flexibility index (Phi) is 7.39. The molecule has 31 heavy (non-hydrogen) atoms. The van der Waals surface area contributed by atoms with Crippen LogP contribution in [0, 0.1) is 0 Å². The first-order valence-electron chi connectivity index (χ1n) is 11.7. The molecule has 2 aliphatic rings. The van der Waals surface area contributed by atoms with Crippen molar-refractivity contribution in [3.05, 3.63) is 17.4 Å². The average Bonchev–Trinajstić information content (AvgIpc) is 3.08. The number of benzene rings is 1. The summed E-state index contributed by atoms with van der Waals surface area (Å²) in [6.45, 7) is 5.41. The van der Waals surface area contributed by atoms with Crippen LogP contribution in [0.5, 0.6) is 11.5 Å². The van der Waals surface area contributed by atoms with Crippen LogP contribution in [0.3, 0.4) is 0 Å². The van der Waals surface area contributed by atoms with Crippen LogP contribution in [-0.4, -0.2) is 60.8 Å². The second kappa shape index (κ2) is 10.2. The first-order valence-corrected chi connectivity index (χ1v) is 12.1. The molecule has 1 aromatic heterocycles. The van der Waals surface area contributed by atoms with Crippen LogP contribution in [0.15, 0.2) is 12.1 Å². The number of hydrogen-bond donors (Lipinski definition) is 0. The second-order valence-electron chi connectivity index (χ2n) is 8.74. The van der Waals surface area contributed by atoms with Crippen molar-refractivity contribution in [2.45, 2.75) is 70.4 Å². The summed E-state index contributed by atoms with van der Waals surface area (Å²) in [5.74, 6) is 2.23. The van der Waals surface area contributed by atoms with Gasteiger partial charge in [-0.2, -0.15) is 4.98 Å². The van der Waals surface area contributed by atoms with Gasteiger partial charge in [0.1, 0.15) is 5.82 Å². The van der Waals surface area contributed by atoms with Gasteiger partial charge in [0, 0.05) is 43.2 Å². The molecule has 0 atom stereocenters. The highest BCUT2D eigenvalue weighted by Crippen LogP contribution is 2.37. The van der Waals surface area contributed by atoms with Crippen LogP contribution in [0.2, 0.25) is 5.28 Å². The Labute approximate surface area is 190 Å². The Morgan fingerprint density at radius 2 is 1.61 bits per heavy atom. The highest BCUT2D eigenvalue weighted by atomic mass is 35.5. The summed E-state index contributed by atoms with van der Waals surface area (Å²) in [7, 11) is 3.29. The Morgan fingerprint density at radius 3 is 2.23 bits per heavy atom. The van der Waals surface area contributed by atoms with Gasteiger partial charge in [0.05, 0.1) is 19.7 Å². The number of anilines is 1. The number of aromatic nitrogens is 2. The number of halogens is 1. The Bertz CT molecular complexity index is 877. The van der Waals surface area contributed by atoms with Gasteiger partial charge in [0.15, 0.2) is 11.5 Å². The maximum absolute atomic E-state index is 6.34. The number of piperidine rings is 1. The van der Waals surface area contributed by atoms with Gasteiger partial charge in [-0.1, -0.05) is 25.7 Å². The number of rotatable bonds is 6. The zero-order chi connectivity index (χ0) is 21.8. The summed E-state index contributed by atoms with van der Waals surface area (Å²) >= 11 is 6.34. The van der Waals surface area contributed by atoms with Crippen LogP contribution in [0.1, 0.15) is 58.3 Å². The number of hydrogen-bond acceptors (Lipinski definition) is 6. The smallest absolute Gasteiger partial charge is 0.224 e. The number of fused-ring (bicyclic) bond motifs is 1. The normalized spacial score (nSPS) is 19.4. The van der Waals surface area contributed by atoms with E-state index in [-0.39, 0.29) is 5.28 Å². The predicted molar refractivity (Wildman–Crippen MR) is 127 cm³/mol. The van der Waals surface area contributed by atoms with Crippen molar-refractivity contribution in [2.24, 2.45) is 0 Å². The van der Waals surface area contributed by atoms with Gasteiger partial charge in [0.25, 0.3) is 0 Å². The van der Waals surface area contributed by atoms with Crippen molar-refractivity contribution < 1.29 is 9.47 Å². The van der Waals surface area contributed by atoms with Crippen molar-refractivity contribution in [3.8, 4) is 11.5 Å². The van der Waals surface area contributed by atoms with Gasteiger partial charge >= 0.3 is 0 Å². The van der Waals surface area contributed by atoms with Crippen LogP contribution in [-0.2, 0) is 0 Å². The standard InChI is InChI=1S/C24H35ClN4O2/c1-4-29(18-11-13-28(14-12-18)17-9-7-5-6-8-10-17)23-19-15-21(30-2)22(31-3)16-20(19)26-24(25)27-23/h15-18H,4-14H2,1-3H3. The zero-order valence-corrected chi connectivity index (χ0v) is 19.8. The summed E-state index contributed by atoms with van der Waals surface area (Å²) in [5, 5.41) is 1.22. The summed E-state index contributed by atoms with van der Waals surface area (Å²) in [6, 6.07) is 5.09. The van der Waals surface area contributed by atoms with Gasteiger partial charge in [-0.05, 0) is 50.3 Å². The van der Waals surface area contributed by atoms with E-state index in [1.807, 2.05) is 12.1 Å². The lowest BCUT2D eigenvalue weighted by Gasteiger charge is -2.42. The lowest BCUT2D eigenvalue weighted by Crippen LogP contribution is -2.48. The van der Waals surface area contributed by atoms with Crippen molar-refractivity contribution in [1.29, 1.82) is 0 Å². The predicted octanol–water partition coefficient (Wildman–Crippen LogP) is 5.31. The number of likely N-dealkylation sites (tertiary alicyclic amines) is 1. The van der Waals surface area contributed by atoms with E-state index in [1.54, 1.807) is 14.2 Å². The van der Waals surface area contributed by atoms with E-state index in [9.17, 15) is 0 Å². The van der Waals surface area contributed by atoms with Gasteiger partial charge in [-0.15, -0.1) is 0 Å². The molecule has 2 aromatic rings. The summed E-state index contributed by atoms with van der Waals surface area (Å²) in [4.78, 5) is 14.3. The Hall–Kier alpha value is -1.79. The highest BCUT2D eigenvalue weighted by Gasteiger charge is 2.30. The topological polar surface area (TPSA) is 50.7 Å². The van der Waals surface area contributed by atoms with Crippen molar-refractivity contribution >= 4 is 28.3 Å². The Morgan fingerprint density at radius 1 is 0.968 bits per heavy atom. The van der Waals surface area contributed by atoms with Gasteiger partial charge in [-0.3, -0.25) is 0 Å². The molecule has 1 aliphatic heterocycles. The Balaban J connectivity index is 1.57. The summed E-state index contributed by atoms with van der Waals surface area (Å²) < 4.78 is 11.0. The molecular weight excluding hydrogens is 412 g/mol. The lowest BCUT2D eigenvalue weighted by atomic mass is 9.98. The average molecular weight is 447 g/mol. The summed E-state index contributed by atoms with van der Waals surface area (Å²) in [5.41, 5.74) is 0.780. The molecule has 2 fully saturated rings. The zero-order valence-electron chi connectivity index (χ0n) is 19.1. The van der Waals surface area contributed by atoms with Gasteiger partial charge in [0.2, 0.25) is 5.28 Å². The van der Waals surface area contributed by atoms with Crippen molar-refractivity contribution in [3.63, 3.8) is 0 Å². The van der Waals surface area contributed by atoms with E-state index in [1.165, 1.54) is 51.6 Å². The second-order valence-corrected chi connectivity index (χ2v) is 9.08. The first-order chi connectivity index (χ1) is 15.1. The first kappa shape index (κ1) is 22.4. The molecule has 7 heteroatoms. The third kappa shape index (κ3) is 4.85. The van der Waals surface area contributed by atoms with E-state index < -0.39 is 0 Å². The fourth-order valence-corrected chi connectivity index (χ4v) is 5.57. The quantitative estimate of drug-likeness (QED) is 0.442. The molecule has 0 spiro atoms. The van der Waals surface area contributed by atoms with Gasteiger partial charge < -0.3 is 19.3 Å². The van der Waals surface area contributed by atoms with Crippen LogP contribution >= 0.6 is 11.6 Å². The van der Waals surface area contributed by atoms with Crippen LogP contribution < -0.4 is 14.4 Å². The van der Waals surface area contributed by atoms with Crippen LogP contribution in [0.25, 0.3) is 10.9 Å². The maximum atomic E-state index is 6.34. The molecule has 6 nitrogen and oxygen atoms in total. The molecule has 0 amide bonds. The summed E-state index contributed by atoms with van der Waals surface area (Å²) in [6.07, 6.45) is 10.6. The fraction of sp³-hybridized carbons (Fsp3) is 0.667. The molecule has 1 saturated carbocycles. The molecule has 0 N–H and O–H groups in total. The lowest BCUT2D eigenvalue weighted by molar-refractivity contribution is 0.138. The molecule has 1 saturated heterocycles. The molecule has 170 valence electrons. The number of nitrogens with zero attached hydrogens (tertiary/aromatic N) is 4. The van der Waals surface area contributed by atoms with E-state index in [0.717, 1.165) is 42.1 Å². The third-order valence-corrected chi connectivity index (χ3v) is 7.22. The molecule has 0 unspecified atom stereocenters. The third-order valence-electron chi connectivity index (χ3n) is 7.05. The minimum Gasteiger partial charge on any atom is -0.493 e. The molecule has 0 radical (unpaired) electrons.